The van der Waals surface area contributed by atoms with Gasteiger partial charge in [-0.3, -0.25) is 9.59 Å². The molecule has 14 heteroatoms. The van der Waals surface area contributed by atoms with Crippen molar-refractivity contribution >= 4 is 24.5 Å². The Morgan fingerprint density at radius 2 is 1.73 bits per heavy atom. The third-order valence-corrected chi connectivity index (χ3v) is 2.08. The zero-order chi connectivity index (χ0) is 20.7. The summed E-state index contributed by atoms with van der Waals surface area (Å²) in [7, 11) is 0. The Kier molecular flexibility index (Phi) is 7.82. The van der Waals surface area contributed by atoms with Crippen LogP contribution in [0.5, 0.6) is 0 Å². The number of rotatable bonds is 6. The van der Waals surface area contributed by atoms with Crippen molar-refractivity contribution < 1.29 is 50.2 Å². The van der Waals surface area contributed by atoms with E-state index in [2.05, 4.69) is 21.2 Å². The molecule has 3 N–H and O–H groups in total. The third kappa shape index (κ3) is 9.29. The monoisotopic (exact) mass is 391 g/mol. The van der Waals surface area contributed by atoms with Crippen molar-refractivity contribution in [3.8, 4) is 0 Å². The molecule has 0 unspecified atom stereocenters. The number of amides is 2. The zero-order valence-corrected chi connectivity index (χ0v) is 12.8. The van der Waals surface area contributed by atoms with E-state index in [1.165, 1.54) is 0 Å². The Morgan fingerprint density at radius 3 is 2.12 bits per heavy atom. The molecule has 8 nitrogen and oxygen atoms in total. The van der Waals surface area contributed by atoms with Crippen LogP contribution in [0.3, 0.4) is 0 Å². The van der Waals surface area contributed by atoms with Crippen LogP contribution in [-0.2, 0) is 23.9 Å². The number of ether oxygens (including phenoxy) is 2. The Bertz CT molecular complexity index is 651. The molecule has 26 heavy (non-hydrogen) atoms. The van der Waals surface area contributed by atoms with Crippen LogP contribution >= 0.6 is 0 Å². The highest BCUT2D eigenvalue weighted by atomic mass is 19.4. The number of nitrogens with one attached hydrogen (secondary N) is 1. The number of alkyl halides is 6. The Hall–Kier alpha value is -3.06. The van der Waals surface area contributed by atoms with Gasteiger partial charge in [0.05, 0.1) is 0 Å². The van der Waals surface area contributed by atoms with Crippen LogP contribution in [0.15, 0.2) is 28.2 Å². The van der Waals surface area contributed by atoms with Gasteiger partial charge in [-0.1, -0.05) is 0 Å². The molecule has 0 rings (SSSR count). The lowest BCUT2D eigenvalue weighted by Gasteiger charge is -2.11. The van der Waals surface area contributed by atoms with E-state index in [0.717, 1.165) is 6.92 Å². The summed E-state index contributed by atoms with van der Waals surface area (Å²) >= 11 is 0. The number of allylic oxidation sites excluding steroid dienone is 1. The summed E-state index contributed by atoms with van der Waals surface area (Å²) in [6.45, 7) is 1.70. The quantitative estimate of drug-likeness (QED) is 0.133. The first-order valence-electron chi connectivity index (χ1n) is 6.16. The highest BCUT2D eigenvalue weighted by Gasteiger charge is 2.34. The van der Waals surface area contributed by atoms with Gasteiger partial charge in [0.2, 0.25) is 5.88 Å². The van der Waals surface area contributed by atoms with Crippen LogP contribution in [0, 0.1) is 0 Å². The lowest BCUT2D eigenvalue weighted by Crippen LogP contribution is -2.34. The third-order valence-electron chi connectivity index (χ3n) is 2.08. The van der Waals surface area contributed by atoms with Crippen LogP contribution in [0.4, 0.5) is 26.3 Å². The lowest BCUT2D eigenvalue weighted by atomic mass is 10.2. The number of hydrogen-bond acceptors (Lipinski definition) is 6. The van der Waals surface area contributed by atoms with Gasteiger partial charge in [-0.15, -0.1) is 13.2 Å². The second-order valence-electron chi connectivity index (χ2n) is 4.26. The van der Waals surface area contributed by atoms with Gasteiger partial charge in [0.25, 0.3) is 5.91 Å². The van der Waals surface area contributed by atoms with Gasteiger partial charge in [-0.05, 0) is 19.7 Å². The molecule has 0 fully saturated rings. The first kappa shape index (κ1) is 22.9. The van der Waals surface area contributed by atoms with E-state index in [0.29, 0.717) is 6.08 Å². The summed E-state index contributed by atoms with van der Waals surface area (Å²) in [6, 6.07) is 0. The summed E-state index contributed by atoms with van der Waals surface area (Å²) < 4.78 is 79.3. The van der Waals surface area contributed by atoms with E-state index in [-0.39, 0.29) is 0 Å². The van der Waals surface area contributed by atoms with E-state index in [1.54, 1.807) is 5.32 Å². The van der Waals surface area contributed by atoms with Crippen molar-refractivity contribution in [3.63, 3.8) is 0 Å². The van der Waals surface area contributed by atoms with Gasteiger partial charge in [0, 0.05) is 5.70 Å². The Morgan fingerprint density at radius 1 is 1.19 bits per heavy atom. The average Bonchev–Trinajstić information content (AvgIpc) is 2.45. The van der Waals surface area contributed by atoms with Gasteiger partial charge in [0.15, 0.2) is 6.61 Å². The summed E-state index contributed by atoms with van der Waals surface area (Å²) in [6.07, 6.45) is -9.58. The van der Waals surface area contributed by atoms with Crippen LogP contribution in [-0.4, -0.2) is 43.6 Å². The summed E-state index contributed by atoms with van der Waals surface area (Å²) in [5, 5.41) is 1.68. The van der Waals surface area contributed by atoms with Gasteiger partial charge in [-0.25, -0.2) is 9.79 Å². The molecule has 0 aromatic carbocycles. The van der Waals surface area contributed by atoms with E-state index >= 15 is 0 Å². The minimum absolute atomic E-state index is 0.459. The SMILES string of the molecule is C=N/C(OC(F)(F)F)=C(\C=C(/C)NC(=O)C(=O)OCC(F)(F)F)C(N)=O. The first-order valence-corrected chi connectivity index (χ1v) is 6.16. The molecule has 0 saturated carbocycles. The molecule has 0 aliphatic rings. The number of carbonyl (C=O) groups excluding carboxylic acids is 3. The fourth-order valence-corrected chi connectivity index (χ4v) is 1.22. The molecular weight excluding hydrogens is 380 g/mol. The molecule has 0 aromatic rings. The Balaban J connectivity index is 5.34. The molecule has 146 valence electrons. The number of nitrogens with two attached hydrogens (primary N) is 1. The summed E-state index contributed by atoms with van der Waals surface area (Å²) in [5.74, 6) is -6.42. The molecule has 0 radical (unpaired) electrons. The summed E-state index contributed by atoms with van der Waals surface area (Å²) in [4.78, 5) is 36.4. The number of carbonyl (C=O) groups is 3. The van der Waals surface area contributed by atoms with Crippen LogP contribution in [0.2, 0.25) is 0 Å². The van der Waals surface area contributed by atoms with Gasteiger partial charge >= 0.3 is 24.4 Å². The molecule has 0 bridgehead atoms. The minimum atomic E-state index is -5.25. The zero-order valence-electron chi connectivity index (χ0n) is 12.8. The van der Waals surface area contributed by atoms with Gasteiger partial charge in [0.1, 0.15) is 5.57 Å². The fourth-order valence-electron chi connectivity index (χ4n) is 1.22. The van der Waals surface area contributed by atoms with Crippen molar-refractivity contribution in [2.45, 2.75) is 19.5 Å². The van der Waals surface area contributed by atoms with Gasteiger partial charge < -0.3 is 20.5 Å². The number of esters is 1. The van der Waals surface area contributed by atoms with Gasteiger partial charge in [-0.2, -0.15) is 13.2 Å². The van der Waals surface area contributed by atoms with Crippen molar-refractivity contribution in [2.75, 3.05) is 6.61 Å². The average molecular weight is 391 g/mol. The maximum Gasteiger partial charge on any atom is 0.574 e. The number of hydrogen-bond donors (Lipinski definition) is 2. The largest absolute Gasteiger partial charge is 0.574 e. The topological polar surface area (TPSA) is 120 Å². The highest BCUT2D eigenvalue weighted by Crippen LogP contribution is 2.24. The lowest BCUT2D eigenvalue weighted by molar-refractivity contribution is -0.305. The predicted octanol–water partition coefficient (Wildman–Crippen LogP) is 1.05. The molecule has 0 aliphatic heterocycles. The number of halogens is 6. The van der Waals surface area contributed by atoms with Crippen molar-refractivity contribution in [2.24, 2.45) is 10.7 Å². The standard InChI is InChI=1S/C12H11F6N3O5/c1-5(21-8(23)10(24)25-4-11(13,14)15)3-6(7(19)22)9(20-2)26-12(16,17)18/h3H,2,4H2,1H3,(H2,19,22)(H,21,23)/b5-3+,9-6-. The molecular formula is C12H11F6N3O5. The Labute approximate surface area is 141 Å². The summed E-state index contributed by atoms with van der Waals surface area (Å²) in [5.41, 5.74) is 3.41. The normalized spacial score (nSPS) is 13.4. The van der Waals surface area contributed by atoms with Crippen LogP contribution < -0.4 is 11.1 Å². The second-order valence-corrected chi connectivity index (χ2v) is 4.26. The second kappa shape index (κ2) is 8.87. The number of nitrogens with zero attached hydrogens (tertiary/aromatic N) is 1. The molecule has 0 heterocycles. The maximum absolute atomic E-state index is 12.2. The van der Waals surface area contributed by atoms with Crippen molar-refractivity contribution in [1.82, 2.24) is 5.32 Å². The molecule has 0 aromatic heterocycles. The molecule has 0 saturated heterocycles. The maximum atomic E-state index is 12.2. The molecule has 0 atom stereocenters. The van der Waals surface area contributed by atoms with E-state index < -0.39 is 54.1 Å². The smallest absolute Gasteiger partial charge is 0.449 e. The van der Waals surface area contributed by atoms with Crippen molar-refractivity contribution in [1.29, 1.82) is 0 Å². The van der Waals surface area contributed by atoms with E-state index in [9.17, 15) is 40.7 Å². The van der Waals surface area contributed by atoms with Crippen LogP contribution in [0.1, 0.15) is 6.92 Å². The molecule has 0 spiro atoms. The van der Waals surface area contributed by atoms with E-state index in [1.807, 2.05) is 0 Å². The molecule has 0 aliphatic carbocycles. The van der Waals surface area contributed by atoms with E-state index in [4.69, 9.17) is 5.73 Å². The number of primary amides is 1. The van der Waals surface area contributed by atoms with Crippen molar-refractivity contribution in [3.05, 3.63) is 23.2 Å². The van der Waals surface area contributed by atoms with Crippen LogP contribution in [0.25, 0.3) is 0 Å². The predicted molar refractivity (Wildman–Crippen MR) is 71.8 cm³/mol. The fraction of sp³-hybridized carbons (Fsp3) is 0.333. The minimum Gasteiger partial charge on any atom is -0.449 e. The molecule has 2 amide bonds. The first-order chi connectivity index (χ1) is 11.7. The number of aliphatic imine (C=N–C) groups is 1. The highest BCUT2D eigenvalue weighted by molar-refractivity contribution is 6.32.